The number of rotatable bonds is 8. The van der Waals surface area contributed by atoms with Crippen LogP contribution in [0, 0.1) is 0 Å². The fraction of sp³-hybridized carbons (Fsp3) is 0.120. The van der Waals surface area contributed by atoms with Gasteiger partial charge in [0.15, 0.2) is 5.01 Å². The molecule has 0 spiro atoms. The van der Waals surface area contributed by atoms with E-state index >= 15 is 0 Å². The lowest BCUT2D eigenvalue weighted by atomic mass is 10.1. The van der Waals surface area contributed by atoms with Gasteiger partial charge in [0, 0.05) is 11.3 Å². The highest BCUT2D eigenvalue weighted by molar-refractivity contribution is 7.13. The molecule has 1 heterocycles. The summed E-state index contributed by atoms with van der Waals surface area (Å²) >= 11 is 1.17. The third-order valence-electron chi connectivity index (χ3n) is 4.82. The first-order chi connectivity index (χ1) is 16.1. The van der Waals surface area contributed by atoms with Gasteiger partial charge in [0.1, 0.15) is 12.4 Å². The largest absolute Gasteiger partial charge is 0.486 e. The van der Waals surface area contributed by atoms with E-state index in [-0.39, 0.29) is 29.5 Å². The predicted octanol–water partition coefficient (Wildman–Crippen LogP) is 4.86. The number of aromatic nitrogens is 2. The highest BCUT2D eigenvalue weighted by Gasteiger charge is 2.15. The summed E-state index contributed by atoms with van der Waals surface area (Å²) in [6, 6.07) is 25.7. The monoisotopic (exact) mass is 458 g/mol. The van der Waals surface area contributed by atoms with Crippen molar-refractivity contribution in [3.8, 4) is 5.75 Å². The SMILES string of the molecule is C[C@H](NC(=O)c1ccc(NC(=O)c2nnc(COc3ccccc3)s2)cc1)c1ccccc1. The molecule has 3 aromatic carbocycles. The number of carbonyl (C=O) groups is 2. The van der Waals surface area contributed by atoms with E-state index in [1.54, 1.807) is 24.3 Å². The topological polar surface area (TPSA) is 93.2 Å². The van der Waals surface area contributed by atoms with E-state index in [0.717, 1.165) is 11.3 Å². The van der Waals surface area contributed by atoms with Crippen molar-refractivity contribution in [2.75, 3.05) is 5.32 Å². The van der Waals surface area contributed by atoms with Gasteiger partial charge in [-0.2, -0.15) is 0 Å². The number of nitrogens with zero attached hydrogens (tertiary/aromatic N) is 2. The fourth-order valence-corrected chi connectivity index (χ4v) is 3.71. The van der Waals surface area contributed by atoms with Gasteiger partial charge in [0.25, 0.3) is 11.8 Å². The number of ether oxygens (including phenoxy) is 1. The van der Waals surface area contributed by atoms with Crippen LogP contribution in [0.25, 0.3) is 0 Å². The van der Waals surface area contributed by atoms with Crippen molar-refractivity contribution in [2.45, 2.75) is 19.6 Å². The summed E-state index contributed by atoms with van der Waals surface area (Å²) in [7, 11) is 0. The summed E-state index contributed by atoms with van der Waals surface area (Å²) in [6.45, 7) is 2.17. The van der Waals surface area contributed by atoms with Crippen molar-refractivity contribution >= 4 is 28.8 Å². The van der Waals surface area contributed by atoms with Crippen LogP contribution in [0.2, 0.25) is 0 Å². The Balaban J connectivity index is 1.31. The molecule has 0 aliphatic carbocycles. The second-order valence-electron chi connectivity index (χ2n) is 7.24. The molecule has 1 aromatic heterocycles. The van der Waals surface area contributed by atoms with E-state index in [1.807, 2.05) is 67.6 Å². The van der Waals surface area contributed by atoms with Gasteiger partial charge >= 0.3 is 0 Å². The van der Waals surface area contributed by atoms with Gasteiger partial charge in [-0.15, -0.1) is 10.2 Å². The normalized spacial score (nSPS) is 11.4. The van der Waals surface area contributed by atoms with Gasteiger partial charge in [0.05, 0.1) is 6.04 Å². The van der Waals surface area contributed by atoms with E-state index in [2.05, 4.69) is 20.8 Å². The molecule has 4 aromatic rings. The zero-order chi connectivity index (χ0) is 23.0. The number of carbonyl (C=O) groups excluding carboxylic acids is 2. The summed E-state index contributed by atoms with van der Waals surface area (Å²) in [5, 5.41) is 14.5. The molecule has 0 aliphatic rings. The van der Waals surface area contributed by atoms with Crippen molar-refractivity contribution in [1.82, 2.24) is 15.5 Å². The molecule has 7 nitrogen and oxygen atoms in total. The van der Waals surface area contributed by atoms with Crippen LogP contribution in [-0.4, -0.2) is 22.0 Å². The minimum absolute atomic E-state index is 0.115. The number of amides is 2. The van der Waals surface area contributed by atoms with Crippen LogP contribution < -0.4 is 15.4 Å². The highest BCUT2D eigenvalue weighted by atomic mass is 32.1. The molecule has 2 amide bonds. The molecule has 8 heteroatoms. The third kappa shape index (κ3) is 6.02. The molecule has 0 aliphatic heterocycles. The van der Waals surface area contributed by atoms with Crippen molar-refractivity contribution in [2.24, 2.45) is 0 Å². The van der Waals surface area contributed by atoms with Crippen LogP contribution in [-0.2, 0) is 6.61 Å². The van der Waals surface area contributed by atoms with Crippen LogP contribution in [0.5, 0.6) is 5.75 Å². The van der Waals surface area contributed by atoms with Gasteiger partial charge in [-0.3, -0.25) is 9.59 Å². The molecular formula is C25H22N4O3S. The maximum atomic E-state index is 12.5. The molecule has 2 N–H and O–H groups in total. The first kappa shape index (κ1) is 22.2. The third-order valence-corrected chi connectivity index (χ3v) is 5.71. The van der Waals surface area contributed by atoms with Gasteiger partial charge in [-0.25, -0.2) is 0 Å². The maximum Gasteiger partial charge on any atom is 0.286 e. The number of hydrogen-bond donors (Lipinski definition) is 2. The number of para-hydroxylation sites is 1. The van der Waals surface area contributed by atoms with E-state index in [4.69, 9.17) is 4.74 Å². The van der Waals surface area contributed by atoms with Crippen molar-refractivity contribution in [3.63, 3.8) is 0 Å². The van der Waals surface area contributed by atoms with Crippen LogP contribution >= 0.6 is 11.3 Å². The molecule has 0 radical (unpaired) electrons. The summed E-state index contributed by atoms with van der Waals surface area (Å²) in [4.78, 5) is 25.0. The molecule has 0 bridgehead atoms. The predicted molar refractivity (Wildman–Crippen MR) is 127 cm³/mol. The second-order valence-corrected chi connectivity index (χ2v) is 8.30. The number of hydrogen-bond acceptors (Lipinski definition) is 6. The lowest BCUT2D eigenvalue weighted by Gasteiger charge is -2.14. The minimum Gasteiger partial charge on any atom is -0.486 e. The lowest BCUT2D eigenvalue weighted by Crippen LogP contribution is -2.26. The Morgan fingerprint density at radius 3 is 2.24 bits per heavy atom. The lowest BCUT2D eigenvalue weighted by molar-refractivity contribution is 0.0939. The van der Waals surface area contributed by atoms with Gasteiger partial charge < -0.3 is 15.4 Å². The van der Waals surface area contributed by atoms with E-state index in [1.165, 1.54) is 11.3 Å². The van der Waals surface area contributed by atoms with Crippen LogP contribution in [0.4, 0.5) is 5.69 Å². The zero-order valence-electron chi connectivity index (χ0n) is 17.9. The maximum absolute atomic E-state index is 12.5. The molecule has 0 saturated heterocycles. The Kier molecular flexibility index (Phi) is 7.06. The van der Waals surface area contributed by atoms with E-state index in [9.17, 15) is 9.59 Å². The smallest absolute Gasteiger partial charge is 0.286 e. The number of benzene rings is 3. The Morgan fingerprint density at radius 1 is 0.879 bits per heavy atom. The Bertz CT molecular complexity index is 1210. The number of nitrogens with one attached hydrogen (secondary N) is 2. The molecule has 166 valence electrons. The van der Waals surface area contributed by atoms with Crippen molar-refractivity contribution in [3.05, 3.63) is 106 Å². The van der Waals surface area contributed by atoms with Crippen molar-refractivity contribution in [1.29, 1.82) is 0 Å². The van der Waals surface area contributed by atoms with E-state index < -0.39 is 0 Å². The fourth-order valence-electron chi connectivity index (χ4n) is 3.06. The van der Waals surface area contributed by atoms with Crippen molar-refractivity contribution < 1.29 is 14.3 Å². The summed E-state index contributed by atoms with van der Waals surface area (Å²) in [5.74, 6) is 0.172. The second kappa shape index (κ2) is 10.5. The minimum atomic E-state index is -0.367. The summed E-state index contributed by atoms with van der Waals surface area (Å²) < 4.78 is 5.63. The molecule has 33 heavy (non-hydrogen) atoms. The summed E-state index contributed by atoms with van der Waals surface area (Å²) in [6.07, 6.45) is 0. The van der Waals surface area contributed by atoms with Gasteiger partial charge in [0.2, 0.25) is 5.01 Å². The van der Waals surface area contributed by atoms with Crippen LogP contribution in [0.15, 0.2) is 84.9 Å². The van der Waals surface area contributed by atoms with E-state index in [0.29, 0.717) is 16.3 Å². The van der Waals surface area contributed by atoms with Crippen LogP contribution in [0.3, 0.4) is 0 Å². The first-order valence-corrected chi connectivity index (χ1v) is 11.2. The molecule has 0 saturated carbocycles. The summed E-state index contributed by atoms with van der Waals surface area (Å²) in [5.41, 5.74) is 2.09. The Hall–Kier alpha value is -4.04. The highest BCUT2D eigenvalue weighted by Crippen LogP contribution is 2.18. The molecular weight excluding hydrogens is 436 g/mol. The molecule has 4 rings (SSSR count). The average molecular weight is 459 g/mol. The zero-order valence-corrected chi connectivity index (χ0v) is 18.7. The molecule has 0 unspecified atom stereocenters. The molecule has 1 atom stereocenters. The molecule has 0 fully saturated rings. The Labute approximate surface area is 195 Å². The standard InChI is InChI=1S/C25H22N4O3S/c1-17(18-8-4-2-5-9-18)26-23(30)19-12-14-20(15-13-19)27-24(31)25-29-28-22(33-25)16-32-21-10-6-3-7-11-21/h2-15,17H,16H2,1H3,(H,26,30)(H,27,31)/t17-/m0/s1. The van der Waals surface area contributed by atoms with Gasteiger partial charge in [-0.1, -0.05) is 59.9 Å². The number of anilines is 1. The first-order valence-electron chi connectivity index (χ1n) is 10.4. The van der Waals surface area contributed by atoms with Crippen LogP contribution in [0.1, 0.15) is 43.7 Å². The quantitative estimate of drug-likeness (QED) is 0.393. The average Bonchev–Trinajstić information content (AvgIpc) is 3.34. The van der Waals surface area contributed by atoms with Gasteiger partial charge in [-0.05, 0) is 48.9 Å². The Morgan fingerprint density at radius 2 is 1.55 bits per heavy atom.